The van der Waals surface area contributed by atoms with Gasteiger partial charge < -0.3 is 0 Å². The van der Waals surface area contributed by atoms with E-state index in [1.165, 1.54) is 43.2 Å². The van der Waals surface area contributed by atoms with Gasteiger partial charge in [0.1, 0.15) is 7.40 Å². The van der Waals surface area contributed by atoms with Crippen molar-refractivity contribution in [2.24, 2.45) is 0 Å². The molecule has 3 rings (SSSR count). The molecule has 2 heterocycles. The van der Waals surface area contributed by atoms with Gasteiger partial charge in [-0.15, -0.1) is 0 Å². The summed E-state index contributed by atoms with van der Waals surface area (Å²) < 4.78 is 2.09. The number of pyridine rings is 2. The molecule has 1 aliphatic rings. The molecule has 0 saturated heterocycles. The molecule has 0 N–H and O–H groups in total. The Kier molecular flexibility index (Phi) is 5.14. The molecule has 0 amide bonds. The zero-order valence-electron chi connectivity index (χ0n) is 12.1. The van der Waals surface area contributed by atoms with Crippen LogP contribution >= 0.6 is 45.2 Å². The highest BCUT2D eigenvalue weighted by Gasteiger charge is 2.30. The minimum absolute atomic E-state index is 0.487. The molecule has 1 aliphatic carbocycles. The Labute approximate surface area is 153 Å². The van der Waals surface area contributed by atoms with Gasteiger partial charge in [0.15, 0.2) is 0 Å². The maximum absolute atomic E-state index is 4.75. The van der Waals surface area contributed by atoms with Crippen molar-refractivity contribution in [3.8, 4) is 11.4 Å². The summed E-state index contributed by atoms with van der Waals surface area (Å²) in [5, 5.41) is 0. The van der Waals surface area contributed by atoms with Gasteiger partial charge >= 0.3 is 0 Å². The molecule has 0 aliphatic heterocycles. The van der Waals surface area contributed by atoms with Crippen LogP contribution in [-0.4, -0.2) is 9.97 Å². The lowest BCUT2D eigenvalue weighted by Crippen LogP contribution is -1.98. The third kappa shape index (κ3) is 3.25. The highest BCUT2D eigenvalue weighted by atomic mass is 127. The van der Waals surface area contributed by atoms with Crippen LogP contribution in [0, 0.1) is 7.40 Å². The van der Waals surface area contributed by atoms with Gasteiger partial charge in [-0.1, -0.05) is 44.7 Å². The fourth-order valence-electron chi connectivity index (χ4n) is 3.09. The summed E-state index contributed by atoms with van der Waals surface area (Å²) >= 11 is 4.57. The van der Waals surface area contributed by atoms with Crippen LogP contribution in [0.2, 0.25) is 0 Å². The molecular weight excluding hydrogens is 486 g/mol. The number of aromatic nitrogens is 2. The quantitative estimate of drug-likeness (QED) is 0.294. The standard InChI is InChI=1S/C17H18I2N2/c1-2-3-4-5-6-11-12-7-9-14(18)20-16(12)17-13(11)8-10-15(19)21-17/h7-11H,2-6H2,1H3. The first kappa shape index (κ1) is 15.6. The maximum atomic E-state index is 4.75. The normalized spacial score (nSPS) is 13.3. The number of hydrogen-bond acceptors (Lipinski definition) is 2. The van der Waals surface area contributed by atoms with E-state index in [1.807, 2.05) is 0 Å². The molecule has 110 valence electrons. The van der Waals surface area contributed by atoms with E-state index in [4.69, 9.17) is 9.97 Å². The van der Waals surface area contributed by atoms with Gasteiger partial charge in [0.2, 0.25) is 0 Å². The van der Waals surface area contributed by atoms with E-state index in [-0.39, 0.29) is 0 Å². The van der Waals surface area contributed by atoms with Crippen LogP contribution in [-0.2, 0) is 0 Å². The fraction of sp³-hybridized carbons (Fsp3) is 0.412. The van der Waals surface area contributed by atoms with Crippen molar-refractivity contribution in [2.45, 2.75) is 44.9 Å². The number of unbranched alkanes of at least 4 members (excludes halogenated alkanes) is 3. The second-order valence-corrected chi connectivity index (χ2v) is 7.76. The van der Waals surface area contributed by atoms with Gasteiger partial charge in [-0.05, 0) is 74.9 Å². The number of rotatable bonds is 5. The van der Waals surface area contributed by atoms with Crippen LogP contribution in [0.5, 0.6) is 0 Å². The second kappa shape index (κ2) is 6.89. The molecule has 2 aromatic rings. The van der Waals surface area contributed by atoms with E-state index in [0.717, 1.165) is 18.8 Å². The Morgan fingerprint density at radius 1 is 0.857 bits per heavy atom. The lowest BCUT2D eigenvalue weighted by Gasteiger charge is -2.12. The van der Waals surface area contributed by atoms with Gasteiger partial charge in [0, 0.05) is 5.92 Å². The molecule has 0 bridgehead atoms. The van der Waals surface area contributed by atoms with Gasteiger partial charge in [0.25, 0.3) is 0 Å². The van der Waals surface area contributed by atoms with Crippen molar-refractivity contribution in [3.63, 3.8) is 0 Å². The number of nitrogens with zero attached hydrogens (tertiary/aromatic N) is 2. The summed E-state index contributed by atoms with van der Waals surface area (Å²) in [6.07, 6.45) is 6.45. The molecule has 0 radical (unpaired) electrons. The summed E-state index contributed by atoms with van der Waals surface area (Å²) in [6, 6.07) is 8.75. The van der Waals surface area contributed by atoms with Crippen LogP contribution in [0.4, 0.5) is 0 Å². The maximum Gasteiger partial charge on any atom is 0.102 e. The van der Waals surface area contributed by atoms with E-state index in [1.54, 1.807) is 0 Å². The molecule has 4 heteroatoms. The fourth-order valence-corrected chi connectivity index (χ4v) is 3.93. The van der Waals surface area contributed by atoms with Crippen molar-refractivity contribution >= 4 is 45.2 Å². The van der Waals surface area contributed by atoms with Crippen LogP contribution in [0.25, 0.3) is 11.4 Å². The summed E-state index contributed by atoms with van der Waals surface area (Å²) in [5.41, 5.74) is 4.96. The highest BCUT2D eigenvalue weighted by Crippen LogP contribution is 2.45. The average Bonchev–Trinajstić information content (AvgIpc) is 2.77. The minimum atomic E-state index is 0.487. The van der Waals surface area contributed by atoms with E-state index in [0.29, 0.717) is 5.92 Å². The van der Waals surface area contributed by atoms with Crippen LogP contribution in [0.15, 0.2) is 24.3 Å². The Morgan fingerprint density at radius 2 is 1.43 bits per heavy atom. The predicted molar refractivity (Wildman–Crippen MR) is 104 cm³/mol. The molecular formula is C17H18I2N2. The van der Waals surface area contributed by atoms with Gasteiger partial charge in [-0.2, -0.15) is 0 Å². The first-order valence-corrected chi connectivity index (χ1v) is 9.69. The predicted octanol–water partition coefficient (Wildman–Crippen LogP) is 5.77. The van der Waals surface area contributed by atoms with Gasteiger partial charge in [-0.25, -0.2) is 9.97 Å². The first-order valence-electron chi connectivity index (χ1n) is 7.54. The molecule has 21 heavy (non-hydrogen) atoms. The Bertz CT molecular complexity index is 604. The summed E-state index contributed by atoms with van der Waals surface area (Å²) in [5.74, 6) is 0.487. The van der Waals surface area contributed by atoms with E-state index >= 15 is 0 Å². The van der Waals surface area contributed by atoms with Crippen LogP contribution in [0.3, 0.4) is 0 Å². The average molecular weight is 504 g/mol. The van der Waals surface area contributed by atoms with Crippen LogP contribution in [0.1, 0.15) is 56.1 Å². The van der Waals surface area contributed by atoms with E-state index < -0.39 is 0 Å². The van der Waals surface area contributed by atoms with Crippen molar-refractivity contribution in [1.29, 1.82) is 0 Å². The number of halogens is 2. The summed E-state index contributed by atoms with van der Waals surface area (Å²) in [6.45, 7) is 2.26. The first-order chi connectivity index (χ1) is 10.2. The minimum Gasteiger partial charge on any atom is -0.240 e. The largest absolute Gasteiger partial charge is 0.240 e. The van der Waals surface area contributed by atoms with Crippen molar-refractivity contribution < 1.29 is 0 Å². The molecule has 0 saturated carbocycles. The molecule has 0 spiro atoms. The van der Waals surface area contributed by atoms with E-state index in [2.05, 4.69) is 76.4 Å². The SMILES string of the molecule is CCCCCCC1c2ccc(I)nc2-c2nc(I)ccc21. The summed E-state index contributed by atoms with van der Waals surface area (Å²) in [7, 11) is 0. The van der Waals surface area contributed by atoms with Crippen molar-refractivity contribution in [2.75, 3.05) is 0 Å². The van der Waals surface area contributed by atoms with Gasteiger partial charge in [0.05, 0.1) is 11.4 Å². The highest BCUT2D eigenvalue weighted by molar-refractivity contribution is 14.1. The number of fused-ring (bicyclic) bond motifs is 3. The zero-order valence-corrected chi connectivity index (χ0v) is 16.4. The smallest absolute Gasteiger partial charge is 0.102 e. The zero-order chi connectivity index (χ0) is 14.8. The molecule has 0 atom stereocenters. The molecule has 0 aromatic carbocycles. The number of hydrogen-bond donors (Lipinski definition) is 0. The molecule has 0 unspecified atom stereocenters. The Hall–Kier alpha value is -0.240. The van der Waals surface area contributed by atoms with E-state index in [9.17, 15) is 0 Å². The monoisotopic (exact) mass is 504 g/mol. The molecule has 2 aromatic heterocycles. The third-order valence-corrected chi connectivity index (χ3v) is 5.31. The Morgan fingerprint density at radius 3 is 1.95 bits per heavy atom. The lowest BCUT2D eigenvalue weighted by atomic mass is 9.92. The second-order valence-electron chi connectivity index (χ2n) is 5.55. The van der Waals surface area contributed by atoms with Crippen LogP contribution < -0.4 is 0 Å². The molecule has 0 fully saturated rings. The lowest BCUT2D eigenvalue weighted by molar-refractivity contribution is 0.601. The van der Waals surface area contributed by atoms with Gasteiger partial charge in [-0.3, -0.25) is 0 Å². The topological polar surface area (TPSA) is 25.8 Å². The van der Waals surface area contributed by atoms with Crippen molar-refractivity contribution in [1.82, 2.24) is 9.97 Å². The van der Waals surface area contributed by atoms with Crippen molar-refractivity contribution in [3.05, 3.63) is 42.8 Å². The third-order valence-electron chi connectivity index (χ3n) is 4.11. The molecule has 2 nitrogen and oxygen atoms in total. The Balaban J connectivity index is 1.95. The summed E-state index contributed by atoms with van der Waals surface area (Å²) in [4.78, 5) is 9.50.